The van der Waals surface area contributed by atoms with Gasteiger partial charge in [0, 0.05) is 19.6 Å². The second-order valence-corrected chi connectivity index (χ2v) is 4.69. The van der Waals surface area contributed by atoms with Crippen molar-refractivity contribution >= 4 is 0 Å². The molecule has 1 saturated heterocycles. The number of nitrogens with one attached hydrogen (secondary N) is 1. The summed E-state index contributed by atoms with van der Waals surface area (Å²) in [6, 6.07) is 3.11. The number of hydrogen-bond donors (Lipinski definition) is 1. The first-order valence-corrected chi connectivity index (χ1v) is 6.31. The van der Waals surface area contributed by atoms with Crippen LogP contribution in [0.5, 0.6) is 0 Å². The third-order valence-electron chi connectivity index (χ3n) is 3.20. The molecule has 0 aliphatic carbocycles. The summed E-state index contributed by atoms with van der Waals surface area (Å²) in [7, 11) is 0. The van der Waals surface area contributed by atoms with E-state index < -0.39 is 17.6 Å². The van der Waals surface area contributed by atoms with Crippen LogP contribution in [0.15, 0.2) is 18.2 Å². The molecule has 2 nitrogen and oxygen atoms in total. The van der Waals surface area contributed by atoms with E-state index in [1.54, 1.807) is 0 Å². The predicted molar refractivity (Wildman–Crippen MR) is 63.7 cm³/mol. The lowest BCUT2D eigenvalue weighted by Crippen LogP contribution is -2.41. The van der Waals surface area contributed by atoms with Gasteiger partial charge in [-0.15, -0.1) is 0 Å². The van der Waals surface area contributed by atoms with Gasteiger partial charge in [0.25, 0.3) is 0 Å². The van der Waals surface area contributed by atoms with Crippen molar-refractivity contribution in [3.8, 4) is 0 Å². The van der Waals surface area contributed by atoms with Crippen LogP contribution in [0.4, 0.5) is 17.6 Å². The quantitative estimate of drug-likeness (QED) is 0.852. The first-order valence-electron chi connectivity index (χ1n) is 6.31. The Morgan fingerprint density at radius 3 is 2.42 bits per heavy atom. The molecule has 0 spiro atoms. The zero-order valence-corrected chi connectivity index (χ0v) is 10.4. The number of hydrazine groups is 1. The first kappa shape index (κ1) is 14.3. The smallest absolute Gasteiger partial charge is 0.251 e. The van der Waals surface area contributed by atoms with Crippen molar-refractivity contribution in [1.29, 1.82) is 0 Å². The number of alkyl halides is 3. The fourth-order valence-corrected chi connectivity index (χ4v) is 2.15. The third-order valence-corrected chi connectivity index (χ3v) is 3.20. The topological polar surface area (TPSA) is 15.3 Å². The van der Waals surface area contributed by atoms with Crippen LogP contribution in [0, 0.1) is 5.82 Å². The standard InChI is InChI=1S/C13H16F4N2/c14-12-5-4-10(8-11(12)13(15,16)17)9-18-19-6-2-1-3-7-19/h4-5,8,18H,1-3,6-7,9H2. The second kappa shape index (κ2) is 5.88. The monoisotopic (exact) mass is 276 g/mol. The molecule has 0 bridgehead atoms. The highest BCUT2D eigenvalue weighted by molar-refractivity contribution is 5.27. The van der Waals surface area contributed by atoms with Gasteiger partial charge in [0.15, 0.2) is 0 Å². The summed E-state index contributed by atoms with van der Waals surface area (Å²) >= 11 is 0. The maximum atomic E-state index is 13.1. The average Bonchev–Trinajstić information content (AvgIpc) is 2.37. The zero-order valence-electron chi connectivity index (χ0n) is 10.4. The molecular formula is C13H16F4N2. The van der Waals surface area contributed by atoms with Crippen LogP contribution in [0.2, 0.25) is 0 Å². The number of halogens is 4. The van der Waals surface area contributed by atoms with E-state index in [0.717, 1.165) is 38.1 Å². The molecule has 106 valence electrons. The molecule has 0 saturated carbocycles. The van der Waals surface area contributed by atoms with Crippen LogP contribution in [-0.2, 0) is 12.7 Å². The predicted octanol–water partition coefficient (Wildman–Crippen LogP) is 3.34. The Bertz CT molecular complexity index is 425. The van der Waals surface area contributed by atoms with Crippen molar-refractivity contribution in [2.75, 3.05) is 13.1 Å². The first-order chi connectivity index (χ1) is 8.97. The highest BCUT2D eigenvalue weighted by Gasteiger charge is 2.34. The van der Waals surface area contributed by atoms with Crippen LogP contribution in [0.3, 0.4) is 0 Å². The summed E-state index contributed by atoms with van der Waals surface area (Å²) in [5.41, 5.74) is 2.31. The van der Waals surface area contributed by atoms with Crippen LogP contribution in [-0.4, -0.2) is 18.1 Å². The summed E-state index contributed by atoms with van der Waals surface area (Å²) in [5, 5.41) is 2.00. The van der Waals surface area contributed by atoms with Crippen LogP contribution in [0.1, 0.15) is 30.4 Å². The lowest BCUT2D eigenvalue weighted by molar-refractivity contribution is -0.140. The van der Waals surface area contributed by atoms with Crippen molar-refractivity contribution in [3.05, 3.63) is 35.1 Å². The van der Waals surface area contributed by atoms with Gasteiger partial charge >= 0.3 is 6.18 Å². The molecule has 0 atom stereocenters. The number of benzene rings is 1. The van der Waals surface area contributed by atoms with Crippen molar-refractivity contribution in [2.24, 2.45) is 0 Å². The van der Waals surface area contributed by atoms with Gasteiger partial charge in [-0.3, -0.25) is 5.43 Å². The Labute approximate surface area is 109 Å². The molecule has 1 aliphatic rings. The Balaban J connectivity index is 2.00. The van der Waals surface area contributed by atoms with Gasteiger partial charge in [-0.25, -0.2) is 9.40 Å². The summed E-state index contributed by atoms with van der Waals surface area (Å²) in [6.45, 7) is 2.07. The van der Waals surface area contributed by atoms with E-state index in [9.17, 15) is 17.6 Å². The van der Waals surface area contributed by atoms with E-state index in [4.69, 9.17) is 0 Å². The Kier molecular flexibility index (Phi) is 4.42. The largest absolute Gasteiger partial charge is 0.419 e. The minimum atomic E-state index is -4.65. The molecule has 1 fully saturated rings. The Hall–Kier alpha value is -1.14. The van der Waals surface area contributed by atoms with Gasteiger partial charge in [-0.1, -0.05) is 12.5 Å². The Morgan fingerprint density at radius 2 is 1.79 bits per heavy atom. The van der Waals surface area contributed by atoms with E-state index in [1.807, 2.05) is 5.01 Å². The highest BCUT2D eigenvalue weighted by atomic mass is 19.4. The van der Waals surface area contributed by atoms with Gasteiger partial charge in [-0.05, 0) is 30.5 Å². The maximum absolute atomic E-state index is 13.1. The molecule has 1 aromatic rings. The average molecular weight is 276 g/mol. The van der Waals surface area contributed by atoms with Gasteiger partial charge in [-0.2, -0.15) is 13.2 Å². The molecular weight excluding hydrogens is 260 g/mol. The molecule has 1 heterocycles. The maximum Gasteiger partial charge on any atom is 0.419 e. The molecule has 1 aromatic carbocycles. The minimum absolute atomic E-state index is 0.281. The van der Waals surface area contributed by atoms with Crippen LogP contribution >= 0.6 is 0 Å². The van der Waals surface area contributed by atoms with Crippen LogP contribution in [0.25, 0.3) is 0 Å². The SMILES string of the molecule is Fc1ccc(CNN2CCCCC2)cc1C(F)(F)F. The fourth-order valence-electron chi connectivity index (χ4n) is 2.15. The second-order valence-electron chi connectivity index (χ2n) is 4.69. The summed E-state index contributed by atoms with van der Waals surface area (Å²) in [4.78, 5) is 0. The summed E-state index contributed by atoms with van der Waals surface area (Å²) in [6.07, 6.45) is -1.29. The van der Waals surface area contributed by atoms with Gasteiger partial charge < -0.3 is 0 Å². The number of piperidine rings is 1. The van der Waals surface area contributed by atoms with Gasteiger partial charge in [0.1, 0.15) is 5.82 Å². The van der Waals surface area contributed by atoms with Crippen molar-refractivity contribution < 1.29 is 17.6 Å². The van der Waals surface area contributed by atoms with Crippen molar-refractivity contribution in [3.63, 3.8) is 0 Å². The minimum Gasteiger partial charge on any atom is -0.251 e. The molecule has 0 radical (unpaired) electrons. The molecule has 0 aromatic heterocycles. The Morgan fingerprint density at radius 1 is 1.11 bits per heavy atom. The summed E-state index contributed by atoms with van der Waals surface area (Å²) in [5.74, 6) is -1.23. The van der Waals surface area contributed by atoms with E-state index >= 15 is 0 Å². The normalized spacial score (nSPS) is 17.7. The van der Waals surface area contributed by atoms with Gasteiger partial charge in [0.05, 0.1) is 5.56 Å². The van der Waals surface area contributed by atoms with Gasteiger partial charge in [0.2, 0.25) is 0 Å². The number of rotatable bonds is 3. The lowest BCUT2D eigenvalue weighted by atomic mass is 10.1. The zero-order chi connectivity index (χ0) is 13.9. The van der Waals surface area contributed by atoms with E-state index in [1.165, 1.54) is 12.5 Å². The molecule has 0 unspecified atom stereocenters. The molecule has 1 N–H and O–H groups in total. The molecule has 2 rings (SSSR count). The fraction of sp³-hybridized carbons (Fsp3) is 0.538. The van der Waals surface area contributed by atoms with E-state index in [2.05, 4.69) is 5.43 Å². The molecule has 0 amide bonds. The van der Waals surface area contributed by atoms with Crippen molar-refractivity contribution in [1.82, 2.24) is 10.4 Å². The third kappa shape index (κ3) is 3.91. The van der Waals surface area contributed by atoms with E-state index in [-0.39, 0.29) is 6.54 Å². The van der Waals surface area contributed by atoms with Crippen molar-refractivity contribution in [2.45, 2.75) is 32.0 Å². The lowest BCUT2D eigenvalue weighted by Gasteiger charge is -2.27. The molecule has 19 heavy (non-hydrogen) atoms. The van der Waals surface area contributed by atoms with E-state index in [0.29, 0.717) is 5.56 Å². The van der Waals surface area contributed by atoms with Crippen LogP contribution < -0.4 is 5.43 Å². The molecule has 6 heteroatoms. The molecule has 1 aliphatic heterocycles. The summed E-state index contributed by atoms with van der Waals surface area (Å²) < 4.78 is 50.8. The number of hydrogen-bond acceptors (Lipinski definition) is 2. The highest BCUT2D eigenvalue weighted by Crippen LogP contribution is 2.31. The number of nitrogens with zero attached hydrogens (tertiary/aromatic N) is 1.